The summed E-state index contributed by atoms with van der Waals surface area (Å²) in [4.78, 5) is 2.10. The van der Waals surface area contributed by atoms with Crippen LogP contribution in [0.1, 0.15) is 5.56 Å². The van der Waals surface area contributed by atoms with Crippen molar-refractivity contribution >= 4 is 0 Å². The summed E-state index contributed by atoms with van der Waals surface area (Å²) in [6, 6.07) is 12.2. The Morgan fingerprint density at radius 2 is 1.90 bits per heavy atom. The van der Waals surface area contributed by atoms with Crippen LogP contribution in [0.25, 0.3) is 0 Å². The lowest BCUT2D eigenvalue weighted by Crippen LogP contribution is -2.11. The highest BCUT2D eigenvalue weighted by molar-refractivity contribution is 5.44. The molecule has 96 valence electrons. The second-order valence-corrected chi connectivity index (χ2v) is 4.29. The number of nitrogens with zero attached hydrogens (tertiary/aromatic N) is 2. The van der Waals surface area contributed by atoms with Gasteiger partial charge in [0, 0.05) is 18.9 Å². The molecule has 0 saturated heterocycles. The molecule has 0 radical (unpaired) electrons. The molecule has 1 aromatic carbocycles. The summed E-state index contributed by atoms with van der Waals surface area (Å²) in [5.41, 5.74) is 2.59. The molecule has 0 bridgehead atoms. The average molecular weight is 258 g/mol. The number of allylic oxidation sites excluding steroid dienone is 6. The molecule has 1 heterocycles. The van der Waals surface area contributed by atoms with Crippen molar-refractivity contribution in [3.8, 4) is 18.4 Å². The van der Waals surface area contributed by atoms with Crippen LogP contribution >= 0.6 is 0 Å². The SMILES string of the molecule is C#C/C(C#N)=C/C=C1C=CN(Cc2ccccc2)C=C1. The van der Waals surface area contributed by atoms with E-state index in [0.717, 1.165) is 12.1 Å². The first-order valence-electron chi connectivity index (χ1n) is 6.26. The van der Waals surface area contributed by atoms with Crippen molar-refractivity contribution in [2.75, 3.05) is 0 Å². The van der Waals surface area contributed by atoms with Gasteiger partial charge in [-0.3, -0.25) is 0 Å². The standard InChI is InChI=1S/C18H14N2/c1-2-16(14-19)8-9-17-10-12-20(13-11-17)15-18-6-4-3-5-7-18/h1,3-13H,15H2/b16-8-. The van der Waals surface area contributed by atoms with Crippen molar-refractivity contribution in [3.05, 3.63) is 83.7 Å². The molecular weight excluding hydrogens is 244 g/mol. The molecule has 2 rings (SSSR count). The van der Waals surface area contributed by atoms with Gasteiger partial charge < -0.3 is 4.90 Å². The first-order valence-corrected chi connectivity index (χ1v) is 6.26. The Labute approximate surface area is 119 Å². The molecule has 1 aliphatic rings. The van der Waals surface area contributed by atoms with Crippen molar-refractivity contribution in [2.24, 2.45) is 0 Å². The van der Waals surface area contributed by atoms with Crippen molar-refractivity contribution in [2.45, 2.75) is 6.54 Å². The van der Waals surface area contributed by atoms with Gasteiger partial charge in [-0.25, -0.2) is 0 Å². The largest absolute Gasteiger partial charge is 0.350 e. The first kappa shape index (κ1) is 13.5. The third kappa shape index (κ3) is 3.77. The molecular formula is C18H14N2. The van der Waals surface area contributed by atoms with E-state index < -0.39 is 0 Å². The van der Waals surface area contributed by atoms with E-state index in [1.54, 1.807) is 6.08 Å². The minimum Gasteiger partial charge on any atom is -0.350 e. The lowest BCUT2D eigenvalue weighted by molar-refractivity contribution is 0.497. The molecule has 0 atom stereocenters. The zero-order valence-electron chi connectivity index (χ0n) is 11.0. The van der Waals surface area contributed by atoms with Crippen LogP contribution in [0.4, 0.5) is 0 Å². The topological polar surface area (TPSA) is 27.0 Å². The molecule has 2 heteroatoms. The van der Waals surface area contributed by atoms with Gasteiger partial charge in [-0.1, -0.05) is 42.3 Å². The van der Waals surface area contributed by atoms with Crippen molar-refractivity contribution in [1.82, 2.24) is 4.90 Å². The molecule has 0 N–H and O–H groups in total. The lowest BCUT2D eigenvalue weighted by atomic mass is 10.1. The maximum absolute atomic E-state index is 8.73. The van der Waals surface area contributed by atoms with Gasteiger partial charge in [-0.15, -0.1) is 6.42 Å². The fourth-order valence-electron chi connectivity index (χ4n) is 1.78. The van der Waals surface area contributed by atoms with Crippen LogP contribution < -0.4 is 0 Å². The highest BCUT2D eigenvalue weighted by Gasteiger charge is 2.01. The van der Waals surface area contributed by atoms with Gasteiger partial charge in [0.05, 0.1) is 0 Å². The number of benzene rings is 1. The van der Waals surface area contributed by atoms with E-state index in [0.29, 0.717) is 5.57 Å². The van der Waals surface area contributed by atoms with Crippen LogP contribution in [-0.4, -0.2) is 4.90 Å². The third-order valence-corrected chi connectivity index (χ3v) is 2.84. The quantitative estimate of drug-likeness (QED) is 0.612. The minimum absolute atomic E-state index is 0.325. The van der Waals surface area contributed by atoms with Crippen LogP contribution in [0.15, 0.2) is 78.2 Å². The predicted octanol–water partition coefficient (Wildman–Crippen LogP) is 3.54. The summed E-state index contributed by atoms with van der Waals surface area (Å²) in [5.74, 6) is 2.33. The van der Waals surface area contributed by atoms with E-state index in [-0.39, 0.29) is 0 Å². The van der Waals surface area contributed by atoms with Crippen molar-refractivity contribution in [3.63, 3.8) is 0 Å². The molecule has 0 spiro atoms. The fourth-order valence-corrected chi connectivity index (χ4v) is 1.78. The molecule has 20 heavy (non-hydrogen) atoms. The van der Waals surface area contributed by atoms with Gasteiger partial charge in [0.1, 0.15) is 11.6 Å². The van der Waals surface area contributed by atoms with E-state index in [4.69, 9.17) is 11.7 Å². The summed E-state index contributed by atoms with van der Waals surface area (Å²) in [6.45, 7) is 0.838. The number of terminal acetylenes is 1. The minimum atomic E-state index is 0.325. The summed E-state index contributed by atoms with van der Waals surface area (Å²) in [6.07, 6.45) is 16.7. The highest BCUT2D eigenvalue weighted by atomic mass is 15.1. The maximum Gasteiger partial charge on any atom is 0.108 e. The average Bonchev–Trinajstić information content (AvgIpc) is 2.51. The summed E-state index contributed by atoms with van der Waals surface area (Å²) in [7, 11) is 0. The predicted molar refractivity (Wildman–Crippen MR) is 80.9 cm³/mol. The Morgan fingerprint density at radius 3 is 2.50 bits per heavy atom. The molecule has 1 aliphatic heterocycles. The fraction of sp³-hybridized carbons (Fsp3) is 0.0556. The van der Waals surface area contributed by atoms with Gasteiger partial charge in [-0.05, 0) is 29.4 Å². The summed E-state index contributed by atoms with van der Waals surface area (Å²) in [5, 5.41) is 8.73. The monoisotopic (exact) mass is 258 g/mol. The molecule has 2 nitrogen and oxygen atoms in total. The Kier molecular flexibility index (Phi) is 4.60. The molecule has 1 aromatic rings. The first-order chi connectivity index (χ1) is 9.81. The zero-order valence-corrected chi connectivity index (χ0v) is 11.0. The normalized spacial score (nSPS) is 13.8. The van der Waals surface area contributed by atoms with Crippen LogP contribution in [-0.2, 0) is 6.54 Å². The van der Waals surface area contributed by atoms with Crippen LogP contribution in [0.5, 0.6) is 0 Å². The Hall–Kier alpha value is -2.97. The van der Waals surface area contributed by atoms with Crippen molar-refractivity contribution in [1.29, 1.82) is 5.26 Å². The number of nitriles is 1. The second-order valence-electron chi connectivity index (χ2n) is 4.29. The van der Waals surface area contributed by atoms with Crippen LogP contribution in [0.3, 0.4) is 0 Å². The summed E-state index contributed by atoms with van der Waals surface area (Å²) >= 11 is 0. The van der Waals surface area contributed by atoms with E-state index in [9.17, 15) is 0 Å². The van der Waals surface area contributed by atoms with Gasteiger partial charge in [0.25, 0.3) is 0 Å². The molecule has 0 unspecified atom stereocenters. The number of rotatable bonds is 3. The zero-order chi connectivity index (χ0) is 14.2. The third-order valence-electron chi connectivity index (χ3n) is 2.84. The van der Waals surface area contributed by atoms with E-state index in [1.165, 1.54) is 5.56 Å². The smallest absolute Gasteiger partial charge is 0.108 e. The van der Waals surface area contributed by atoms with Crippen LogP contribution in [0, 0.1) is 23.7 Å². The molecule has 0 aliphatic carbocycles. The molecule has 0 fully saturated rings. The van der Waals surface area contributed by atoms with Crippen LogP contribution in [0.2, 0.25) is 0 Å². The van der Waals surface area contributed by atoms with Gasteiger partial charge in [0.2, 0.25) is 0 Å². The van der Waals surface area contributed by atoms with Gasteiger partial charge in [-0.2, -0.15) is 5.26 Å². The number of hydrogen-bond acceptors (Lipinski definition) is 2. The molecule has 0 aromatic heterocycles. The Balaban J connectivity index is 2.00. The van der Waals surface area contributed by atoms with E-state index in [2.05, 4.69) is 23.0 Å². The Morgan fingerprint density at radius 1 is 1.20 bits per heavy atom. The highest BCUT2D eigenvalue weighted by Crippen LogP contribution is 2.13. The van der Waals surface area contributed by atoms with E-state index >= 15 is 0 Å². The maximum atomic E-state index is 8.73. The Bertz CT molecular complexity index is 630. The molecule has 0 saturated carbocycles. The summed E-state index contributed by atoms with van der Waals surface area (Å²) < 4.78 is 0. The van der Waals surface area contributed by atoms with Gasteiger partial charge >= 0.3 is 0 Å². The molecule has 0 amide bonds. The lowest BCUT2D eigenvalue weighted by Gasteiger charge is -2.18. The van der Waals surface area contributed by atoms with E-state index in [1.807, 2.05) is 54.9 Å². The van der Waals surface area contributed by atoms with Crippen molar-refractivity contribution < 1.29 is 0 Å². The number of hydrogen-bond donors (Lipinski definition) is 0. The van der Waals surface area contributed by atoms with Gasteiger partial charge in [0.15, 0.2) is 0 Å². The second kappa shape index (κ2) is 6.83.